The van der Waals surface area contributed by atoms with E-state index < -0.39 is 0 Å². The average Bonchev–Trinajstić information content (AvgIpc) is 2.47. The summed E-state index contributed by atoms with van der Waals surface area (Å²) in [6, 6.07) is 7.09. The highest BCUT2D eigenvalue weighted by atomic mass is 35.5. The van der Waals surface area contributed by atoms with Crippen molar-refractivity contribution in [3.63, 3.8) is 0 Å². The number of anilines is 1. The molecule has 0 aliphatic carbocycles. The average molecular weight is 340 g/mol. The Bertz CT molecular complexity index is 540. The third-order valence-electron chi connectivity index (χ3n) is 3.91. The van der Waals surface area contributed by atoms with E-state index in [2.05, 4.69) is 19.2 Å². The molecule has 0 unspecified atom stereocenters. The third-order valence-corrected chi connectivity index (χ3v) is 3.91. The molecule has 0 radical (unpaired) electrons. The van der Waals surface area contributed by atoms with Crippen LogP contribution in [0, 0.1) is 5.92 Å². The minimum Gasteiger partial charge on any atom is -0.399 e. The third kappa shape index (κ3) is 5.75. The van der Waals surface area contributed by atoms with E-state index in [4.69, 9.17) is 5.73 Å². The minimum atomic E-state index is -0.0979. The fraction of sp³-hybridized carbons (Fsp3) is 0.529. The van der Waals surface area contributed by atoms with Crippen molar-refractivity contribution in [2.75, 3.05) is 18.8 Å². The zero-order chi connectivity index (χ0) is 16.1. The first-order valence-corrected chi connectivity index (χ1v) is 7.90. The van der Waals surface area contributed by atoms with Gasteiger partial charge in [0.2, 0.25) is 5.91 Å². The summed E-state index contributed by atoms with van der Waals surface area (Å²) < 4.78 is 0. The van der Waals surface area contributed by atoms with Gasteiger partial charge in [0.05, 0.1) is 0 Å². The number of rotatable bonds is 4. The number of halogens is 1. The van der Waals surface area contributed by atoms with Crippen molar-refractivity contribution in [1.82, 2.24) is 10.2 Å². The lowest BCUT2D eigenvalue weighted by Crippen LogP contribution is -2.46. The van der Waals surface area contributed by atoms with Crippen molar-refractivity contribution in [3.05, 3.63) is 29.8 Å². The molecule has 1 fully saturated rings. The molecule has 0 atom stereocenters. The van der Waals surface area contributed by atoms with Gasteiger partial charge in [-0.1, -0.05) is 19.9 Å². The zero-order valence-electron chi connectivity index (χ0n) is 13.7. The molecule has 6 heteroatoms. The van der Waals surface area contributed by atoms with E-state index in [0.717, 1.165) is 12.8 Å². The lowest BCUT2D eigenvalue weighted by molar-refractivity contribution is -0.133. The molecule has 2 rings (SSSR count). The fourth-order valence-corrected chi connectivity index (χ4v) is 2.70. The Morgan fingerprint density at radius 1 is 1.30 bits per heavy atom. The number of likely N-dealkylation sites (tertiary alicyclic amines) is 1. The van der Waals surface area contributed by atoms with Gasteiger partial charge in [0.25, 0.3) is 5.91 Å². The number of benzene rings is 1. The quantitative estimate of drug-likeness (QED) is 0.827. The second-order valence-corrected chi connectivity index (χ2v) is 6.35. The molecule has 0 spiro atoms. The number of carbonyl (C=O) groups is 2. The molecule has 1 heterocycles. The van der Waals surface area contributed by atoms with Gasteiger partial charge in [0.15, 0.2) is 0 Å². The zero-order valence-corrected chi connectivity index (χ0v) is 14.6. The van der Waals surface area contributed by atoms with Gasteiger partial charge in [-0.15, -0.1) is 12.4 Å². The molecule has 0 aromatic heterocycles. The number of hydrogen-bond acceptors (Lipinski definition) is 3. The lowest BCUT2D eigenvalue weighted by atomic mass is 10.0. The van der Waals surface area contributed by atoms with Crippen LogP contribution in [0.3, 0.4) is 0 Å². The molecule has 3 N–H and O–H groups in total. The number of carbonyl (C=O) groups excluding carboxylic acids is 2. The normalized spacial score (nSPS) is 15.2. The largest absolute Gasteiger partial charge is 0.399 e. The van der Waals surface area contributed by atoms with Crippen LogP contribution in [0.15, 0.2) is 24.3 Å². The standard InChI is InChI=1S/C17H25N3O2.ClH/c1-12(2)10-16(21)20-8-6-15(7-9-20)19-17(22)13-4-3-5-14(18)11-13;/h3-5,11-12,15H,6-10,18H2,1-2H3,(H,19,22);1H. The van der Waals surface area contributed by atoms with Crippen molar-refractivity contribution >= 4 is 29.9 Å². The number of nitrogens with zero attached hydrogens (tertiary/aromatic N) is 1. The molecule has 5 nitrogen and oxygen atoms in total. The van der Waals surface area contributed by atoms with E-state index in [1.54, 1.807) is 24.3 Å². The number of piperidine rings is 1. The molecule has 0 bridgehead atoms. The second kappa shape index (κ2) is 8.77. The molecule has 0 saturated carbocycles. The lowest BCUT2D eigenvalue weighted by Gasteiger charge is -2.32. The number of hydrogen-bond donors (Lipinski definition) is 2. The summed E-state index contributed by atoms with van der Waals surface area (Å²) >= 11 is 0. The van der Waals surface area contributed by atoms with Gasteiger partial charge in [-0.3, -0.25) is 9.59 Å². The summed E-state index contributed by atoms with van der Waals surface area (Å²) in [6.45, 7) is 5.54. The van der Waals surface area contributed by atoms with Crippen LogP contribution in [-0.2, 0) is 4.79 Å². The highest BCUT2D eigenvalue weighted by Gasteiger charge is 2.24. The van der Waals surface area contributed by atoms with Gasteiger partial charge in [-0.25, -0.2) is 0 Å². The number of nitrogen functional groups attached to an aromatic ring is 1. The summed E-state index contributed by atoms with van der Waals surface area (Å²) in [5.74, 6) is 0.503. The predicted molar refractivity (Wildman–Crippen MR) is 94.6 cm³/mol. The molecule has 1 aliphatic rings. The van der Waals surface area contributed by atoms with Crippen molar-refractivity contribution in [1.29, 1.82) is 0 Å². The molecular formula is C17H26ClN3O2. The predicted octanol–water partition coefficient (Wildman–Crippen LogP) is 2.46. The Kier molecular flexibility index (Phi) is 7.36. The Balaban J connectivity index is 0.00000264. The second-order valence-electron chi connectivity index (χ2n) is 6.35. The first kappa shape index (κ1) is 19.3. The van der Waals surface area contributed by atoms with E-state index in [1.807, 2.05) is 4.90 Å². The highest BCUT2D eigenvalue weighted by molar-refractivity contribution is 5.95. The summed E-state index contributed by atoms with van der Waals surface area (Å²) in [4.78, 5) is 26.1. The van der Waals surface area contributed by atoms with Crippen LogP contribution in [0.25, 0.3) is 0 Å². The van der Waals surface area contributed by atoms with Gasteiger partial charge in [-0.2, -0.15) is 0 Å². The fourth-order valence-electron chi connectivity index (χ4n) is 2.70. The molecule has 23 heavy (non-hydrogen) atoms. The van der Waals surface area contributed by atoms with Crippen molar-refractivity contribution in [2.45, 2.75) is 39.2 Å². The number of nitrogens with two attached hydrogens (primary N) is 1. The Hall–Kier alpha value is -1.75. The molecule has 128 valence electrons. The van der Waals surface area contributed by atoms with E-state index in [9.17, 15) is 9.59 Å². The van der Waals surface area contributed by atoms with Crippen molar-refractivity contribution in [3.8, 4) is 0 Å². The molecular weight excluding hydrogens is 314 g/mol. The highest BCUT2D eigenvalue weighted by Crippen LogP contribution is 2.14. The monoisotopic (exact) mass is 339 g/mol. The van der Waals surface area contributed by atoms with Gasteiger partial charge >= 0.3 is 0 Å². The molecule has 1 aromatic carbocycles. The maximum absolute atomic E-state index is 12.2. The molecule has 1 aromatic rings. The summed E-state index contributed by atoms with van der Waals surface area (Å²) in [7, 11) is 0. The van der Waals surface area contributed by atoms with E-state index in [-0.39, 0.29) is 30.3 Å². The number of amides is 2. The van der Waals surface area contributed by atoms with Crippen LogP contribution in [-0.4, -0.2) is 35.8 Å². The summed E-state index contributed by atoms with van der Waals surface area (Å²) in [6.07, 6.45) is 2.20. The van der Waals surface area contributed by atoms with Crippen LogP contribution >= 0.6 is 12.4 Å². The molecule has 1 aliphatic heterocycles. The summed E-state index contributed by atoms with van der Waals surface area (Å²) in [5, 5.41) is 3.03. The van der Waals surface area contributed by atoms with Crippen LogP contribution < -0.4 is 11.1 Å². The minimum absolute atomic E-state index is 0. The molecule has 1 saturated heterocycles. The summed E-state index contributed by atoms with van der Waals surface area (Å²) in [5.41, 5.74) is 6.86. The van der Waals surface area contributed by atoms with Crippen LogP contribution in [0.4, 0.5) is 5.69 Å². The Labute approximate surface area is 144 Å². The van der Waals surface area contributed by atoms with E-state index >= 15 is 0 Å². The smallest absolute Gasteiger partial charge is 0.251 e. The molecule has 2 amide bonds. The van der Waals surface area contributed by atoms with Crippen molar-refractivity contribution in [2.24, 2.45) is 5.92 Å². The van der Waals surface area contributed by atoms with Crippen LogP contribution in [0.2, 0.25) is 0 Å². The topological polar surface area (TPSA) is 75.4 Å². The van der Waals surface area contributed by atoms with Gasteiger partial charge < -0.3 is 16.0 Å². The first-order valence-electron chi connectivity index (χ1n) is 7.90. The van der Waals surface area contributed by atoms with Crippen LogP contribution in [0.1, 0.15) is 43.5 Å². The SMILES string of the molecule is CC(C)CC(=O)N1CCC(NC(=O)c2cccc(N)c2)CC1.Cl. The van der Waals surface area contributed by atoms with Gasteiger partial charge in [-0.05, 0) is 37.0 Å². The van der Waals surface area contributed by atoms with Gasteiger partial charge in [0.1, 0.15) is 0 Å². The van der Waals surface area contributed by atoms with Crippen molar-refractivity contribution < 1.29 is 9.59 Å². The Morgan fingerprint density at radius 3 is 2.52 bits per heavy atom. The van der Waals surface area contributed by atoms with Crippen LogP contribution in [0.5, 0.6) is 0 Å². The maximum Gasteiger partial charge on any atom is 0.251 e. The van der Waals surface area contributed by atoms with E-state index in [0.29, 0.717) is 36.7 Å². The Morgan fingerprint density at radius 2 is 1.96 bits per heavy atom. The van der Waals surface area contributed by atoms with E-state index in [1.165, 1.54) is 0 Å². The first-order chi connectivity index (χ1) is 10.5. The van der Waals surface area contributed by atoms with Gasteiger partial charge in [0, 0.05) is 36.8 Å². The maximum atomic E-state index is 12.2. The number of nitrogens with one attached hydrogen (secondary N) is 1.